The molecule has 0 radical (unpaired) electrons. The Morgan fingerprint density at radius 1 is 0.857 bits per heavy atom. The molecule has 3 nitrogen and oxygen atoms in total. The Labute approximate surface area is 126 Å². The van der Waals surface area contributed by atoms with Crippen molar-refractivity contribution >= 4 is 0 Å². The van der Waals surface area contributed by atoms with E-state index < -0.39 is 0 Å². The molecule has 0 amide bonds. The molecule has 1 N–H and O–H groups in total. The molecule has 0 aliphatic heterocycles. The van der Waals surface area contributed by atoms with Crippen LogP contribution < -0.4 is 14.8 Å². The van der Waals surface area contributed by atoms with Crippen molar-refractivity contribution in [2.24, 2.45) is 0 Å². The summed E-state index contributed by atoms with van der Waals surface area (Å²) < 4.78 is 11.0. The van der Waals surface area contributed by atoms with Gasteiger partial charge in [-0.15, -0.1) is 0 Å². The Bertz CT molecular complexity index is 534. The summed E-state index contributed by atoms with van der Waals surface area (Å²) in [7, 11) is 1.66. The molecule has 0 aromatic heterocycles. The van der Waals surface area contributed by atoms with Crippen molar-refractivity contribution < 1.29 is 9.47 Å². The van der Waals surface area contributed by atoms with Gasteiger partial charge < -0.3 is 14.8 Å². The molecule has 0 spiro atoms. The molecule has 3 heteroatoms. The summed E-state index contributed by atoms with van der Waals surface area (Å²) in [6.45, 7) is 5.29. The van der Waals surface area contributed by atoms with E-state index in [1.165, 1.54) is 5.56 Å². The molecule has 0 heterocycles. The van der Waals surface area contributed by atoms with Gasteiger partial charge in [0.15, 0.2) is 0 Å². The van der Waals surface area contributed by atoms with Gasteiger partial charge in [0.05, 0.1) is 7.11 Å². The van der Waals surface area contributed by atoms with Crippen molar-refractivity contribution in [2.45, 2.75) is 26.3 Å². The monoisotopic (exact) mass is 285 g/mol. The van der Waals surface area contributed by atoms with Crippen LogP contribution in [0.5, 0.6) is 17.2 Å². The van der Waals surface area contributed by atoms with Crippen LogP contribution in [0.2, 0.25) is 0 Å². The van der Waals surface area contributed by atoms with Gasteiger partial charge in [-0.2, -0.15) is 0 Å². The molecule has 2 aromatic rings. The van der Waals surface area contributed by atoms with E-state index in [0.717, 1.165) is 30.2 Å². The van der Waals surface area contributed by atoms with Crippen LogP contribution in [0.3, 0.4) is 0 Å². The maximum atomic E-state index is 5.83. The molecule has 1 atom stereocenters. The van der Waals surface area contributed by atoms with Gasteiger partial charge in [0.2, 0.25) is 0 Å². The topological polar surface area (TPSA) is 30.5 Å². The first kappa shape index (κ1) is 15.4. The number of ether oxygens (including phenoxy) is 2. The van der Waals surface area contributed by atoms with Gasteiger partial charge in [0, 0.05) is 6.04 Å². The zero-order valence-electron chi connectivity index (χ0n) is 12.9. The fourth-order valence-corrected chi connectivity index (χ4v) is 2.29. The van der Waals surface area contributed by atoms with Crippen molar-refractivity contribution in [1.82, 2.24) is 5.32 Å². The van der Waals surface area contributed by atoms with Crippen molar-refractivity contribution in [3.63, 3.8) is 0 Å². The van der Waals surface area contributed by atoms with Crippen LogP contribution in [0.1, 0.15) is 31.9 Å². The van der Waals surface area contributed by atoms with Gasteiger partial charge in [-0.25, -0.2) is 0 Å². The van der Waals surface area contributed by atoms with Gasteiger partial charge in [-0.3, -0.25) is 0 Å². The van der Waals surface area contributed by atoms with Gasteiger partial charge >= 0.3 is 0 Å². The summed E-state index contributed by atoms with van der Waals surface area (Å²) in [4.78, 5) is 0. The summed E-state index contributed by atoms with van der Waals surface area (Å²) in [6.07, 6.45) is 1.08. The average molecular weight is 285 g/mol. The number of methoxy groups -OCH3 is 1. The largest absolute Gasteiger partial charge is 0.497 e. The van der Waals surface area contributed by atoms with Crippen LogP contribution in [-0.2, 0) is 0 Å². The number of benzene rings is 2. The number of hydrogen-bond donors (Lipinski definition) is 1. The van der Waals surface area contributed by atoms with E-state index in [1.54, 1.807) is 7.11 Å². The van der Waals surface area contributed by atoms with Crippen molar-refractivity contribution in [3.8, 4) is 17.2 Å². The summed E-state index contributed by atoms with van der Waals surface area (Å²) in [5, 5.41) is 3.48. The van der Waals surface area contributed by atoms with E-state index in [4.69, 9.17) is 9.47 Å². The zero-order chi connectivity index (χ0) is 15.1. The second-order valence-corrected chi connectivity index (χ2v) is 4.87. The Hall–Kier alpha value is -2.00. The molecule has 0 fully saturated rings. The molecule has 112 valence electrons. The van der Waals surface area contributed by atoms with E-state index in [1.807, 2.05) is 36.4 Å². The maximum Gasteiger partial charge on any atom is 0.127 e. The lowest BCUT2D eigenvalue weighted by atomic mass is 10.0. The molecule has 2 rings (SSSR count). The van der Waals surface area contributed by atoms with E-state index in [2.05, 4.69) is 31.3 Å². The van der Waals surface area contributed by atoms with Crippen LogP contribution in [0.25, 0.3) is 0 Å². The predicted molar refractivity (Wildman–Crippen MR) is 86.2 cm³/mol. The van der Waals surface area contributed by atoms with Crippen molar-refractivity contribution in [1.29, 1.82) is 0 Å². The second-order valence-electron chi connectivity index (χ2n) is 4.87. The van der Waals surface area contributed by atoms with Gasteiger partial charge in [-0.1, -0.05) is 26.0 Å². The highest BCUT2D eigenvalue weighted by atomic mass is 16.5. The highest BCUT2D eigenvalue weighted by Gasteiger charge is 2.07. The van der Waals surface area contributed by atoms with Crippen LogP contribution >= 0.6 is 0 Å². The Morgan fingerprint density at radius 2 is 1.38 bits per heavy atom. The Kier molecular flexibility index (Phi) is 5.64. The van der Waals surface area contributed by atoms with Gasteiger partial charge in [0.1, 0.15) is 17.2 Å². The molecule has 21 heavy (non-hydrogen) atoms. The first-order valence-electron chi connectivity index (χ1n) is 7.42. The SMILES string of the molecule is CCNC(CC)c1ccc(Oc2ccc(OC)cc2)cc1. The van der Waals surface area contributed by atoms with Crippen LogP contribution in [0.15, 0.2) is 48.5 Å². The van der Waals surface area contributed by atoms with Crippen LogP contribution in [0, 0.1) is 0 Å². The third kappa shape index (κ3) is 4.23. The fourth-order valence-electron chi connectivity index (χ4n) is 2.29. The van der Waals surface area contributed by atoms with Crippen molar-refractivity contribution in [2.75, 3.05) is 13.7 Å². The van der Waals surface area contributed by atoms with E-state index in [0.29, 0.717) is 6.04 Å². The minimum Gasteiger partial charge on any atom is -0.497 e. The standard InChI is InChI=1S/C18H23NO2/c1-4-18(19-5-2)14-6-8-16(9-7-14)21-17-12-10-15(20-3)11-13-17/h6-13,18-19H,4-5H2,1-3H3. The normalized spacial score (nSPS) is 12.0. The lowest BCUT2D eigenvalue weighted by molar-refractivity contribution is 0.413. The Morgan fingerprint density at radius 3 is 1.86 bits per heavy atom. The fraction of sp³-hybridized carbons (Fsp3) is 0.333. The summed E-state index contributed by atoms with van der Waals surface area (Å²) >= 11 is 0. The first-order chi connectivity index (χ1) is 10.3. The van der Waals surface area contributed by atoms with E-state index in [-0.39, 0.29) is 0 Å². The molecule has 0 saturated carbocycles. The number of rotatable bonds is 7. The molecule has 0 aliphatic rings. The second kappa shape index (κ2) is 7.70. The lowest BCUT2D eigenvalue weighted by Crippen LogP contribution is -2.19. The quantitative estimate of drug-likeness (QED) is 0.809. The summed E-state index contributed by atoms with van der Waals surface area (Å²) in [6, 6.07) is 16.3. The average Bonchev–Trinajstić information content (AvgIpc) is 2.54. The molecule has 0 aliphatic carbocycles. The highest BCUT2D eigenvalue weighted by molar-refractivity contribution is 5.36. The van der Waals surface area contributed by atoms with Crippen LogP contribution in [-0.4, -0.2) is 13.7 Å². The van der Waals surface area contributed by atoms with Gasteiger partial charge in [0.25, 0.3) is 0 Å². The summed E-state index contributed by atoms with van der Waals surface area (Å²) in [5.41, 5.74) is 1.29. The van der Waals surface area contributed by atoms with Gasteiger partial charge in [-0.05, 0) is 54.9 Å². The van der Waals surface area contributed by atoms with E-state index >= 15 is 0 Å². The third-order valence-electron chi connectivity index (χ3n) is 3.44. The molecular weight excluding hydrogens is 262 g/mol. The smallest absolute Gasteiger partial charge is 0.127 e. The molecule has 2 aromatic carbocycles. The summed E-state index contributed by atoms with van der Waals surface area (Å²) in [5.74, 6) is 2.48. The number of nitrogens with one attached hydrogen (secondary N) is 1. The first-order valence-corrected chi connectivity index (χ1v) is 7.42. The zero-order valence-corrected chi connectivity index (χ0v) is 12.9. The van der Waals surface area contributed by atoms with Crippen molar-refractivity contribution in [3.05, 3.63) is 54.1 Å². The molecule has 1 unspecified atom stereocenters. The van der Waals surface area contributed by atoms with Crippen LogP contribution in [0.4, 0.5) is 0 Å². The third-order valence-corrected chi connectivity index (χ3v) is 3.44. The molecule has 0 bridgehead atoms. The Balaban J connectivity index is 2.04. The molecular formula is C18H23NO2. The predicted octanol–water partition coefficient (Wildman–Crippen LogP) is 4.55. The maximum absolute atomic E-state index is 5.83. The molecule has 0 saturated heterocycles. The minimum atomic E-state index is 0.407. The minimum absolute atomic E-state index is 0.407. The lowest BCUT2D eigenvalue weighted by Gasteiger charge is -2.16. The highest BCUT2D eigenvalue weighted by Crippen LogP contribution is 2.25. The van der Waals surface area contributed by atoms with E-state index in [9.17, 15) is 0 Å². The number of hydrogen-bond acceptors (Lipinski definition) is 3.